The first-order valence-corrected chi connectivity index (χ1v) is 12.0. The minimum absolute atomic E-state index is 0.904. The van der Waals surface area contributed by atoms with Crippen molar-refractivity contribution in [1.29, 1.82) is 0 Å². The van der Waals surface area contributed by atoms with Crippen molar-refractivity contribution in [2.24, 2.45) is 0 Å². The Hall–Kier alpha value is -4.11. The number of imidazole rings is 1. The minimum Gasteiger partial charge on any atom is -0.340 e. The number of hydrogen-bond donors (Lipinski definition) is 1. The molecule has 0 aliphatic heterocycles. The Bertz CT molecular complexity index is 1600. The van der Waals surface area contributed by atoms with Gasteiger partial charge in [0.1, 0.15) is 5.82 Å². The lowest BCUT2D eigenvalue weighted by Gasteiger charge is -2.06. The van der Waals surface area contributed by atoms with Crippen LogP contribution < -0.4 is 0 Å². The van der Waals surface area contributed by atoms with Gasteiger partial charge in [0.15, 0.2) is 0 Å². The number of H-pyrrole nitrogens is 1. The van der Waals surface area contributed by atoms with Gasteiger partial charge in [0.2, 0.25) is 0 Å². The van der Waals surface area contributed by atoms with Crippen molar-refractivity contribution in [3.05, 3.63) is 102 Å². The van der Waals surface area contributed by atoms with Gasteiger partial charge in [-0.25, -0.2) is 4.98 Å². The zero-order valence-electron chi connectivity index (χ0n) is 19.3. The summed E-state index contributed by atoms with van der Waals surface area (Å²) in [5, 5.41) is 2.66. The summed E-state index contributed by atoms with van der Waals surface area (Å²) in [6.07, 6.45) is 6.77. The van der Waals surface area contributed by atoms with E-state index in [1.807, 2.05) is 18.2 Å². The predicted molar refractivity (Wildman–Crippen MR) is 145 cm³/mol. The molecule has 4 aromatic carbocycles. The number of aryl methyl sites for hydroxylation is 1. The molecule has 0 saturated carbocycles. The second kappa shape index (κ2) is 8.68. The Balaban J connectivity index is 1.29. The van der Waals surface area contributed by atoms with E-state index in [1.165, 1.54) is 45.8 Å². The molecule has 2 aromatic heterocycles. The van der Waals surface area contributed by atoms with Gasteiger partial charge in [-0.05, 0) is 47.9 Å². The molecule has 0 aliphatic rings. The smallest absolute Gasteiger partial charge is 0.138 e. The Morgan fingerprint density at radius 2 is 1.50 bits per heavy atom. The van der Waals surface area contributed by atoms with Crippen LogP contribution in [0.1, 0.15) is 30.9 Å². The number of aromatic nitrogens is 3. The summed E-state index contributed by atoms with van der Waals surface area (Å²) in [6.45, 7) is 3.31. The number of benzene rings is 4. The number of nitrogens with zero attached hydrogens (tertiary/aromatic N) is 2. The lowest BCUT2D eigenvalue weighted by molar-refractivity contribution is 0.665. The molecule has 0 saturated heterocycles. The van der Waals surface area contributed by atoms with Gasteiger partial charge in [0, 0.05) is 33.9 Å². The molecule has 34 heavy (non-hydrogen) atoms. The highest BCUT2D eigenvalue weighted by Gasteiger charge is 2.10. The third-order valence-electron chi connectivity index (χ3n) is 6.57. The van der Waals surface area contributed by atoms with Crippen LogP contribution in [0.5, 0.6) is 0 Å². The fourth-order valence-electron chi connectivity index (χ4n) is 4.77. The average Bonchev–Trinajstić information content (AvgIpc) is 3.46. The minimum atomic E-state index is 0.904. The normalized spacial score (nSPS) is 11.9. The zero-order chi connectivity index (χ0) is 22.9. The maximum absolute atomic E-state index is 4.70. The summed E-state index contributed by atoms with van der Waals surface area (Å²) in [7, 11) is 0. The van der Waals surface area contributed by atoms with Crippen LogP contribution in [0.15, 0.2) is 91.0 Å². The maximum Gasteiger partial charge on any atom is 0.138 e. The van der Waals surface area contributed by atoms with Crippen molar-refractivity contribution in [3.63, 3.8) is 0 Å². The molecule has 2 heterocycles. The molecule has 0 fully saturated rings. The second-order valence-corrected chi connectivity index (χ2v) is 8.86. The summed E-state index contributed by atoms with van der Waals surface area (Å²) in [5.41, 5.74) is 8.18. The van der Waals surface area contributed by atoms with Crippen LogP contribution in [0, 0.1) is 0 Å². The third-order valence-corrected chi connectivity index (χ3v) is 6.57. The summed E-state index contributed by atoms with van der Waals surface area (Å²) in [6, 6.07) is 32.3. The lowest BCUT2D eigenvalue weighted by atomic mass is 10.1. The molecule has 0 unspecified atom stereocenters. The molecule has 166 valence electrons. The van der Waals surface area contributed by atoms with Gasteiger partial charge in [0.05, 0.1) is 11.0 Å². The number of para-hydroxylation sites is 3. The molecule has 6 aromatic rings. The quantitative estimate of drug-likeness (QED) is 0.259. The van der Waals surface area contributed by atoms with E-state index in [-0.39, 0.29) is 0 Å². The first kappa shape index (κ1) is 20.5. The molecule has 0 spiro atoms. The number of aromatic amines is 1. The van der Waals surface area contributed by atoms with E-state index in [0.717, 1.165) is 29.0 Å². The predicted octanol–water partition coefficient (Wildman–Crippen LogP) is 8.31. The summed E-state index contributed by atoms with van der Waals surface area (Å²) < 4.78 is 2.47. The first-order chi connectivity index (χ1) is 16.8. The largest absolute Gasteiger partial charge is 0.340 e. The van der Waals surface area contributed by atoms with Crippen LogP contribution in [-0.4, -0.2) is 14.5 Å². The summed E-state index contributed by atoms with van der Waals surface area (Å²) in [5.74, 6) is 0.904. The molecular formula is C31H27N3. The molecule has 3 nitrogen and oxygen atoms in total. The highest BCUT2D eigenvalue weighted by Crippen LogP contribution is 2.30. The van der Waals surface area contributed by atoms with Gasteiger partial charge in [-0.2, -0.15) is 0 Å². The molecule has 3 heteroatoms. The Morgan fingerprint density at radius 3 is 2.35 bits per heavy atom. The Labute approximate surface area is 199 Å². The molecule has 6 rings (SSSR count). The van der Waals surface area contributed by atoms with Crippen molar-refractivity contribution in [2.45, 2.75) is 26.3 Å². The average molecular weight is 442 g/mol. The molecule has 0 radical (unpaired) electrons. The molecule has 0 atom stereocenters. The van der Waals surface area contributed by atoms with Crippen molar-refractivity contribution in [2.75, 3.05) is 0 Å². The monoisotopic (exact) mass is 441 g/mol. The van der Waals surface area contributed by atoms with Crippen molar-refractivity contribution < 1.29 is 0 Å². The van der Waals surface area contributed by atoms with Gasteiger partial charge in [-0.1, -0.05) is 86.2 Å². The van der Waals surface area contributed by atoms with E-state index in [0.29, 0.717) is 0 Å². The van der Waals surface area contributed by atoms with Crippen LogP contribution in [0.3, 0.4) is 0 Å². The van der Waals surface area contributed by atoms with E-state index >= 15 is 0 Å². The van der Waals surface area contributed by atoms with Gasteiger partial charge >= 0.3 is 0 Å². The van der Waals surface area contributed by atoms with Gasteiger partial charge in [0.25, 0.3) is 0 Å². The van der Waals surface area contributed by atoms with E-state index in [4.69, 9.17) is 4.98 Å². The van der Waals surface area contributed by atoms with Crippen molar-refractivity contribution in [1.82, 2.24) is 14.5 Å². The molecular weight excluding hydrogens is 414 g/mol. The van der Waals surface area contributed by atoms with Crippen LogP contribution in [0.25, 0.3) is 56.4 Å². The van der Waals surface area contributed by atoms with Gasteiger partial charge < -0.3 is 9.55 Å². The van der Waals surface area contributed by atoms with E-state index in [2.05, 4.69) is 101 Å². The molecule has 0 aliphatic carbocycles. The maximum atomic E-state index is 4.70. The highest BCUT2D eigenvalue weighted by molar-refractivity contribution is 6.08. The van der Waals surface area contributed by atoms with E-state index in [9.17, 15) is 0 Å². The van der Waals surface area contributed by atoms with Crippen LogP contribution in [-0.2, 0) is 6.54 Å². The van der Waals surface area contributed by atoms with Crippen LogP contribution in [0.4, 0.5) is 0 Å². The van der Waals surface area contributed by atoms with E-state index < -0.39 is 0 Å². The van der Waals surface area contributed by atoms with Gasteiger partial charge in [-0.15, -0.1) is 0 Å². The SMILES string of the molecule is CCCCn1c2ccccc2c2cc(/C=C/c3ccc(-c4nc5ccccc5[nH]4)cc3)ccc21. The number of hydrogen-bond acceptors (Lipinski definition) is 1. The number of fused-ring (bicyclic) bond motifs is 4. The topological polar surface area (TPSA) is 33.6 Å². The molecule has 0 amide bonds. The summed E-state index contributed by atoms with van der Waals surface area (Å²) in [4.78, 5) is 8.11. The first-order valence-electron chi connectivity index (χ1n) is 12.0. The van der Waals surface area contributed by atoms with Crippen LogP contribution >= 0.6 is 0 Å². The zero-order valence-corrected chi connectivity index (χ0v) is 19.3. The fraction of sp³-hybridized carbons (Fsp3) is 0.129. The van der Waals surface area contributed by atoms with Crippen molar-refractivity contribution >= 4 is 45.0 Å². The Kier molecular flexibility index (Phi) is 5.23. The number of nitrogens with one attached hydrogen (secondary N) is 1. The standard InChI is InChI=1S/C31H27N3/c1-2-3-20-34-29-11-7-4-8-25(29)26-21-23(16-19-30(26)34)13-12-22-14-17-24(18-15-22)31-32-27-9-5-6-10-28(27)33-31/h4-19,21H,2-3,20H2,1H3,(H,32,33)/b13-12+. The number of unbranched alkanes of at least 4 members (excludes halogenated alkanes) is 1. The van der Waals surface area contributed by atoms with Crippen molar-refractivity contribution in [3.8, 4) is 11.4 Å². The van der Waals surface area contributed by atoms with E-state index in [1.54, 1.807) is 0 Å². The summed E-state index contributed by atoms with van der Waals surface area (Å²) >= 11 is 0. The van der Waals surface area contributed by atoms with Gasteiger partial charge in [-0.3, -0.25) is 0 Å². The Morgan fingerprint density at radius 1 is 0.765 bits per heavy atom. The highest BCUT2D eigenvalue weighted by atomic mass is 15.0. The fourth-order valence-corrected chi connectivity index (χ4v) is 4.77. The van der Waals surface area contributed by atoms with Crippen LogP contribution in [0.2, 0.25) is 0 Å². The second-order valence-electron chi connectivity index (χ2n) is 8.86. The third kappa shape index (κ3) is 3.69. The number of rotatable bonds is 6. The lowest BCUT2D eigenvalue weighted by Crippen LogP contribution is -1.96. The molecule has 1 N–H and O–H groups in total. The molecule has 0 bridgehead atoms.